The summed E-state index contributed by atoms with van der Waals surface area (Å²) < 4.78 is 22.4. The molecule has 3 aliphatic rings. The standard InChI is InChI=1S/C42H48ClFN6O5/c1-25(51)50-14-5-6-27(24-50)32-22-33(34-23-36(42(54)47(2)3)45-40(34)39(32)44)30-10-8-28(21-37(30)55-4)49-18-16-48(17-19-49)15-13-26-7-9-29(35(43)20-26)31-11-12-38(52)46-41(31)53/h7-10,20-23,27,31,45H,5-6,11-19,24H2,1-4H3,(H,46,52,53). The third-order valence-electron chi connectivity index (χ3n) is 11.4. The minimum atomic E-state index is -0.406. The molecule has 2 atom stereocenters. The molecular weight excluding hydrogens is 723 g/mol. The van der Waals surface area contributed by atoms with Crippen molar-refractivity contribution >= 4 is 51.8 Å². The number of nitrogens with zero attached hydrogens (tertiary/aromatic N) is 4. The highest BCUT2D eigenvalue weighted by Crippen LogP contribution is 2.42. The summed E-state index contributed by atoms with van der Waals surface area (Å²) in [7, 11) is 4.96. The lowest BCUT2D eigenvalue weighted by Crippen LogP contribution is -2.47. The van der Waals surface area contributed by atoms with Gasteiger partial charge in [0.25, 0.3) is 5.91 Å². The van der Waals surface area contributed by atoms with E-state index in [1.165, 1.54) is 4.90 Å². The van der Waals surface area contributed by atoms with Crippen molar-refractivity contribution in [3.63, 3.8) is 0 Å². The highest BCUT2D eigenvalue weighted by molar-refractivity contribution is 6.31. The zero-order chi connectivity index (χ0) is 39.0. The maximum absolute atomic E-state index is 16.4. The number of carbonyl (C=O) groups excluding carboxylic acids is 4. The average Bonchev–Trinajstić information content (AvgIpc) is 3.64. The number of carbonyl (C=O) groups is 4. The molecule has 2 N–H and O–H groups in total. The van der Waals surface area contributed by atoms with Crippen molar-refractivity contribution in [3.8, 4) is 16.9 Å². The second-order valence-corrected chi connectivity index (χ2v) is 15.5. The Hall–Kier alpha value is -4.94. The van der Waals surface area contributed by atoms with Crippen molar-refractivity contribution in [2.45, 2.75) is 50.9 Å². The predicted molar refractivity (Wildman–Crippen MR) is 211 cm³/mol. The van der Waals surface area contributed by atoms with Crippen LogP contribution in [-0.4, -0.2) is 110 Å². The fourth-order valence-corrected chi connectivity index (χ4v) is 8.62. The average molecular weight is 771 g/mol. The van der Waals surface area contributed by atoms with Crippen molar-refractivity contribution in [3.05, 3.63) is 81.8 Å². The molecule has 0 aliphatic carbocycles. The first-order chi connectivity index (χ1) is 26.4. The van der Waals surface area contributed by atoms with E-state index < -0.39 is 11.7 Å². The number of aromatic amines is 1. The van der Waals surface area contributed by atoms with E-state index in [9.17, 15) is 19.2 Å². The molecule has 4 heterocycles. The number of ether oxygens (including phenoxy) is 1. The third-order valence-corrected chi connectivity index (χ3v) is 11.8. The van der Waals surface area contributed by atoms with Gasteiger partial charge in [-0.05, 0) is 78.3 Å². The summed E-state index contributed by atoms with van der Waals surface area (Å²) in [4.78, 5) is 60.3. The number of hydrogen-bond donors (Lipinski definition) is 2. The monoisotopic (exact) mass is 770 g/mol. The van der Waals surface area contributed by atoms with Gasteiger partial charge in [0.2, 0.25) is 17.7 Å². The molecule has 3 fully saturated rings. The van der Waals surface area contributed by atoms with Gasteiger partial charge in [-0.3, -0.25) is 29.4 Å². The van der Waals surface area contributed by atoms with Crippen molar-refractivity contribution < 1.29 is 28.3 Å². The zero-order valence-electron chi connectivity index (χ0n) is 31.8. The largest absolute Gasteiger partial charge is 0.496 e. The topological polar surface area (TPSA) is 118 Å². The van der Waals surface area contributed by atoms with Gasteiger partial charge >= 0.3 is 0 Å². The van der Waals surface area contributed by atoms with Gasteiger partial charge in [0, 0.05) is 107 Å². The smallest absolute Gasteiger partial charge is 0.269 e. The zero-order valence-corrected chi connectivity index (χ0v) is 32.6. The number of H-pyrrole nitrogens is 1. The van der Waals surface area contributed by atoms with Crippen LogP contribution in [0.4, 0.5) is 10.1 Å². The fraction of sp³-hybridized carbons (Fsp3) is 0.429. The van der Waals surface area contributed by atoms with Gasteiger partial charge < -0.3 is 24.4 Å². The molecule has 4 aromatic rings. The summed E-state index contributed by atoms with van der Waals surface area (Å²) in [6, 6.07) is 15.6. The molecule has 3 aliphatic heterocycles. The Morgan fingerprint density at radius 2 is 1.75 bits per heavy atom. The Labute approximate surface area is 325 Å². The van der Waals surface area contributed by atoms with Crippen LogP contribution >= 0.6 is 11.6 Å². The summed E-state index contributed by atoms with van der Waals surface area (Å²) in [5.41, 5.74) is 5.53. The highest BCUT2D eigenvalue weighted by atomic mass is 35.5. The summed E-state index contributed by atoms with van der Waals surface area (Å²) in [5.74, 6) is -1.15. The molecule has 7 rings (SSSR count). The molecule has 290 valence electrons. The molecule has 1 aromatic heterocycles. The summed E-state index contributed by atoms with van der Waals surface area (Å²) >= 11 is 6.63. The maximum Gasteiger partial charge on any atom is 0.269 e. The van der Waals surface area contributed by atoms with Crippen LogP contribution in [0.1, 0.15) is 71.6 Å². The highest BCUT2D eigenvalue weighted by Gasteiger charge is 2.31. The van der Waals surface area contributed by atoms with Crippen LogP contribution in [0, 0.1) is 5.82 Å². The Morgan fingerprint density at radius 3 is 2.44 bits per heavy atom. The van der Waals surface area contributed by atoms with Gasteiger partial charge in [-0.25, -0.2) is 4.39 Å². The van der Waals surface area contributed by atoms with E-state index in [-0.39, 0.29) is 35.1 Å². The Balaban J connectivity index is 1.08. The number of nitrogens with one attached hydrogen (secondary N) is 2. The Kier molecular flexibility index (Phi) is 11.2. The van der Waals surface area contributed by atoms with Crippen LogP contribution in [0.2, 0.25) is 5.02 Å². The minimum Gasteiger partial charge on any atom is -0.496 e. The number of benzene rings is 3. The predicted octanol–water partition coefficient (Wildman–Crippen LogP) is 5.95. The summed E-state index contributed by atoms with van der Waals surface area (Å²) in [6.07, 6.45) is 3.14. The Morgan fingerprint density at radius 1 is 0.964 bits per heavy atom. The Bertz CT molecular complexity index is 2140. The second-order valence-electron chi connectivity index (χ2n) is 15.1. The minimum absolute atomic E-state index is 0.0218. The fourth-order valence-electron chi connectivity index (χ4n) is 8.29. The SMILES string of the molecule is COc1cc(N2CCN(CCc3ccc(C4CCC(=O)NC4=O)c(Cl)c3)CC2)ccc1-c1cc(C2CCCN(C(C)=O)C2)c(F)c2[nH]c(C(=O)N(C)C)cc12. The van der Waals surface area contributed by atoms with Crippen molar-refractivity contribution in [2.24, 2.45) is 0 Å². The molecule has 13 heteroatoms. The van der Waals surface area contributed by atoms with Gasteiger partial charge in [0.1, 0.15) is 11.4 Å². The van der Waals surface area contributed by atoms with E-state index >= 15 is 4.39 Å². The first kappa shape index (κ1) is 38.3. The van der Waals surface area contributed by atoms with E-state index in [1.807, 2.05) is 36.4 Å². The number of likely N-dealkylation sites (tertiary alicyclic amines) is 1. The number of hydrogen-bond acceptors (Lipinski definition) is 7. The number of fused-ring (bicyclic) bond motifs is 1. The maximum atomic E-state index is 16.4. The number of amides is 4. The van der Waals surface area contributed by atoms with Crippen LogP contribution in [-0.2, 0) is 20.8 Å². The van der Waals surface area contributed by atoms with Gasteiger partial charge in [0.05, 0.1) is 18.5 Å². The number of rotatable bonds is 9. The van der Waals surface area contributed by atoms with Crippen LogP contribution in [0.15, 0.2) is 48.5 Å². The molecule has 0 bridgehead atoms. The van der Waals surface area contributed by atoms with E-state index in [4.69, 9.17) is 16.3 Å². The molecule has 0 spiro atoms. The van der Waals surface area contributed by atoms with Crippen molar-refractivity contribution in [2.75, 3.05) is 71.9 Å². The van der Waals surface area contributed by atoms with Crippen LogP contribution < -0.4 is 15.0 Å². The molecule has 55 heavy (non-hydrogen) atoms. The van der Waals surface area contributed by atoms with E-state index in [0.717, 1.165) is 79.9 Å². The summed E-state index contributed by atoms with van der Waals surface area (Å²) in [6.45, 7) is 6.91. The summed E-state index contributed by atoms with van der Waals surface area (Å²) in [5, 5.41) is 3.56. The van der Waals surface area contributed by atoms with Crippen molar-refractivity contribution in [1.82, 2.24) is 25.0 Å². The molecule has 11 nitrogen and oxygen atoms in total. The van der Waals surface area contributed by atoms with E-state index in [1.54, 1.807) is 39.1 Å². The number of methoxy groups -OCH3 is 1. The quantitative estimate of drug-likeness (QED) is 0.202. The lowest BCUT2D eigenvalue weighted by atomic mass is 9.86. The molecular formula is C42H48ClFN6O5. The molecule has 3 aromatic carbocycles. The lowest BCUT2D eigenvalue weighted by Gasteiger charge is -2.36. The van der Waals surface area contributed by atoms with E-state index in [0.29, 0.717) is 53.3 Å². The number of halogens is 2. The molecule has 0 radical (unpaired) electrons. The second kappa shape index (κ2) is 16.0. The van der Waals surface area contributed by atoms with E-state index in [2.05, 4.69) is 26.2 Å². The molecule has 2 unspecified atom stereocenters. The van der Waals surface area contributed by atoms with Gasteiger partial charge in [-0.15, -0.1) is 0 Å². The van der Waals surface area contributed by atoms with Gasteiger partial charge in [-0.2, -0.15) is 0 Å². The molecule has 0 saturated carbocycles. The molecule has 4 amide bonds. The lowest BCUT2D eigenvalue weighted by molar-refractivity contribution is -0.134. The number of aromatic nitrogens is 1. The van der Waals surface area contributed by atoms with Crippen LogP contribution in [0.3, 0.4) is 0 Å². The number of piperidine rings is 2. The van der Waals surface area contributed by atoms with Crippen LogP contribution in [0.25, 0.3) is 22.0 Å². The first-order valence-electron chi connectivity index (χ1n) is 19.0. The third kappa shape index (κ3) is 7.93. The first-order valence-corrected chi connectivity index (χ1v) is 19.4. The number of anilines is 1. The van der Waals surface area contributed by atoms with Gasteiger partial charge in [0.15, 0.2) is 5.82 Å². The normalized spacial score (nSPS) is 19.5. The number of imide groups is 1. The van der Waals surface area contributed by atoms with Gasteiger partial charge in [-0.1, -0.05) is 23.7 Å². The molecule has 3 saturated heterocycles. The van der Waals surface area contributed by atoms with Crippen molar-refractivity contribution in [1.29, 1.82) is 0 Å². The van der Waals surface area contributed by atoms with Crippen LogP contribution in [0.5, 0.6) is 5.75 Å². The number of piperazine rings is 1.